The Kier molecular flexibility index (Phi) is 7.27. The highest BCUT2D eigenvalue weighted by atomic mass is 16.5. The minimum Gasteiger partial charge on any atom is -0.489 e. The van der Waals surface area contributed by atoms with Crippen LogP contribution in [0, 0.1) is 18.3 Å². The van der Waals surface area contributed by atoms with E-state index in [-0.39, 0.29) is 0 Å². The number of rotatable bonds is 5. The van der Waals surface area contributed by atoms with Gasteiger partial charge in [0.25, 0.3) is 0 Å². The second-order valence-corrected chi connectivity index (χ2v) is 5.45. The second-order valence-electron chi connectivity index (χ2n) is 5.45. The van der Waals surface area contributed by atoms with Crippen LogP contribution < -0.4 is 9.47 Å². The van der Waals surface area contributed by atoms with Crippen molar-refractivity contribution in [2.24, 2.45) is 0 Å². The molecule has 26 heavy (non-hydrogen) atoms. The van der Waals surface area contributed by atoms with Gasteiger partial charge in [-0.1, -0.05) is 55.8 Å². The smallest absolute Gasteiger partial charge is 0.131 e. The summed E-state index contributed by atoms with van der Waals surface area (Å²) >= 11 is 0. The molecule has 0 aromatic heterocycles. The molecule has 0 heterocycles. The summed E-state index contributed by atoms with van der Waals surface area (Å²) in [5.41, 5.74) is 2.69. The number of hydrogen-bond donors (Lipinski definition) is 0. The van der Waals surface area contributed by atoms with Crippen LogP contribution in [0.2, 0.25) is 0 Å². The number of ether oxygens (including phenoxy) is 2. The monoisotopic (exact) mass is 345 g/mol. The first-order chi connectivity index (χ1) is 12.7. The van der Waals surface area contributed by atoms with Crippen molar-refractivity contribution in [2.45, 2.75) is 27.4 Å². The third-order valence-electron chi connectivity index (χ3n) is 3.59. The molecule has 0 saturated carbocycles. The number of nitriles is 1. The molecule has 0 fully saturated rings. The van der Waals surface area contributed by atoms with Crippen molar-refractivity contribution in [2.75, 3.05) is 0 Å². The van der Waals surface area contributed by atoms with Crippen molar-refractivity contribution >= 4 is 0 Å². The standard InChI is InChI=1S/C21H17NO2.C2H6/c1-16-9-11-19(12-10-16)24-21-8-4-7-20(13-21)23-15-18-6-3-2-5-17(18)14-22;1-2/h2-13H,15H2,1H3;1-2H3. The molecule has 3 nitrogen and oxygen atoms in total. The van der Waals surface area contributed by atoms with Gasteiger partial charge >= 0.3 is 0 Å². The van der Waals surface area contributed by atoms with Crippen molar-refractivity contribution in [3.63, 3.8) is 0 Å². The van der Waals surface area contributed by atoms with Crippen molar-refractivity contribution in [1.82, 2.24) is 0 Å². The molecule has 0 aliphatic heterocycles. The Balaban J connectivity index is 0.00000117. The van der Waals surface area contributed by atoms with Crippen molar-refractivity contribution in [1.29, 1.82) is 5.26 Å². The molecule has 0 aliphatic rings. The summed E-state index contributed by atoms with van der Waals surface area (Å²) in [5, 5.41) is 9.12. The van der Waals surface area contributed by atoms with Crippen LogP contribution in [0.5, 0.6) is 17.2 Å². The Morgan fingerprint density at radius 1 is 0.808 bits per heavy atom. The van der Waals surface area contributed by atoms with Gasteiger partial charge in [0.2, 0.25) is 0 Å². The SMILES string of the molecule is CC.Cc1ccc(Oc2cccc(OCc3ccccc3C#N)c2)cc1. The van der Waals surface area contributed by atoms with E-state index in [4.69, 9.17) is 14.7 Å². The lowest BCUT2D eigenvalue weighted by Gasteiger charge is -2.10. The topological polar surface area (TPSA) is 42.2 Å². The summed E-state index contributed by atoms with van der Waals surface area (Å²) in [5.74, 6) is 2.20. The molecule has 3 rings (SSSR count). The van der Waals surface area contributed by atoms with Crippen molar-refractivity contribution in [3.05, 3.63) is 89.5 Å². The van der Waals surface area contributed by atoms with Gasteiger partial charge in [-0.3, -0.25) is 0 Å². The van der Waals surface area contributed by atoms with E-state index >= 15 is 0 Å². The minimum atomic E-state index is 0.345. The molecule has 0 radical (unpaired) electrons. The first kappa shape index (κ1) is 19.1. The van der Waals surface area contributed by atoms with E-state index in [2.05, 4.69) is 6.07 Å². The summed E-state index contributed by atoms with van der Waals surface area (Å²) < 4.78 is 11.6. The molecule has 3 aromatic carbocycles. The molecule has 132 valence electrons. The van der Waals surface area contributed by atoms with E-state index in [1.807, 2.05) is 87.5 Å². The van der Waals surface area contributed by atoms with E-state index in [1.165, 1.54) is 5.56 Å². The largest absolute Gasteiger partial charge is 0.489 e. The Labute approximate surface area is 155 Å². The highest BCUT2D eigenvalue weighted by Crippen LogP contribution is 2.26. The number of hydrogen-bond acceptors (Lipinski definition) is 3. The fraction of sp³-hybridized carbons (Fsp3) is 0.174. The zero-order valence-corrected chi connectivity index (χ0v) is 15.4. The lowest BCUT2D eigenvalue weighted by molar-refractivity contribution is 0.304. The van der Waals surface area contributed by atoms with Gasteiger partial charge < -0.3 is 9.47 Å². The molecule has 0 bridgehead atoms. The summed E-state index contributed by atoms with van der Waals surface area (Å²) in [6.07, 6.45) is 0. The van der Waals surface area contributed by atoms with Crippen LogP contribution in [0.25, 0.3) is 0 Å². The Bertz CT molecular complexity index is 864. The van der Waals surface area contributed by atoms with Crippen LogP contribution in [0.1, 0.15) is 30.5 Å². The molecule has 0 aliphatic carbocycles. The highest BCUT2D eigenvalue weighted by Gasteiger charge is 2.04. The molecule has 0 spiro atoms. The Hall–Kier alpha value is -3.25. The molecule has 3 heteroatoms. The van der Waals surface area contributed by atoms with Crippen LogP contribution in [0.3, 0.4) is 0 Å². The van der Waals surface area contributed by atoms with Gasteiger partial charge in [-0.2, -0.15) is 5.26 Å². The molecule has 0 amide bonds. The summed E-state index contributed by atoms with van der Waals surface area (Å²) in [6, 6.07) is 25.0. The molecular formula is C23H23NO2. The van der Waals surface area contributed by atoms with Crippen LogP contribution in [-0.2, 0) is 6.61 Å². The van der Waals surface area contributed by atoms with E-state index in [9.17, 15) is 0 Å². The van der Waals surface area contributed by atoms with Gasteiger partial charge in [-0.25, -0.2) is 0 Å². The summed E-state index contributed by atoms with van der Waals surface area (Å²) in [4.78, 5) is 0. The predicted molar refractivity (Wildman–Crippen MR) is 105 cm³/mol. The third-order valence-corrected chi connectivity index (χ3v) is 3.59. The normalized spacial score (nSPS) is 9.46. The van der Waals surface area contributed by atoms with E-state index in [1.54, 1.807) is 6.07 Å². The predicted octanol–water partition coefficient (Wildman–Crippen LogP) is 6.26. The molecule has 3 aromatic rings. The zero-order chi connectivity index (χ0) is 18.8. The maximum Gasteiger partial charge on any atom is 0.131 e. The zero-order valence-electron chi connectivity index (χ0n) is 15.4. The number of nitrogens with zero attached hydrogens (tertiary/aromatic N) is 1. The highest BCUT2D eigenvalue weighted by molar-refractivity contribution is 5.39. The number of benzene rings is 3. The fourth-order valence-corrected chi connectivity index (χ4v) is 2.29. The number of aryl methyl sites for hydroxylation is 1. The van der Waals surface area contributed by atoms with Gasteiger partial charge in [0.05, 0.1) is 11.6 Å². The Morgan fingerprint density at radius 3 is 2.23 bits per heavy atom. The van der Waals surface area contributed by atoms with E-state index < -0.39 is 0 Å². The molecule has 0 N–H and O–H groups in total. The minimum absolute atomic E-state index is 0.345. The second kappa shape index (κ2) is 9.90. The van der Waals surface area contributed by atoms with Gasteiger partial charge in [-0.15, -0.1) is 0 Å². The van der Waals surface area contributed by atoms with E-state index in [0.29, 0.717) is 23.7 Å². The maximum atomic E-state index is 9.12. The van der Waals surface area contributed by atoms with E-state index in [0.717, 1.165) is 11.3 Å². The summed E-state index contributed by atoms with van der Waals surface area (Å²) in [7, 11) is 0. The molecule has 0 saturated heterocycles. The van der Waals surface area contributed by atoms with Gasteiger partial charge in [0.1, 0.15) is 23.9 Å². The van der Waals surface area contributed by atoms with Gasteiger partial charge in [-0.05, 0) is 37.3 Å². The average Bonchev–Trinajstić information content (AvgIpc) is 2.70. The molecular weight excluding hydrogens is 322 g/mol. The third kappa shape index (κ3) is 5.39. The maximum absolute atomic E-state index is 9.12. The van der Waals surface area contributed by atoms with Crippen molar-refractivity contribution in [3.8, 4) is 23.3 Å². The molecule has 0 atom stereocenters. The molecule has 0 unspecified atom stereocenters. The lowest BCUT2D eigenvalue weighted by atomic mass is 10.1. The average molecular weight is 345 g/mol. The van der Waals surface area contributed by atoms with Crippen molar-refractivity contribution < 1.29 is 9.47 Å². The van der Waals surface area contributed by atoms with Crippen LogP contribution in [-0.4, -0.2) is 0 Å². The summed E-state index contributed by atoms with van der Waals surface area (Å²) in [6.45, 7) is 6.38. The first-order valence-electron chi connectivity index (χ1n) is 8.70. The van der Waals surface area contributed by atoms with Gasteiger partial charge in [0, 0.05) is 11.6 Å². The lowest BCUT2D eigenvalue weighted by Crippen LogP contribution is -1.98. The Morgan fingerprint density at radius 2 is 1.50 bits per heavy atom. The van der Waals surface area contributed by atoms with Crippen LogP contribution in [0.15, 0.2) is 72.8 Å². The van der Waals surface area contributed by atoms with Crippen LogP contribution >= 0.6 is 0 Å². The van der Waals surface area contributed by atoms with Gasteiger partial charge in [0.15, 0.2) is 0 Å². The van der Waals surface area contributed by atoms with Crippen LogP contribution in [0.4, 0.5) is 0 Å². The fourth-order valence-electron chi connectivity index (χ4n) is 2.29. The quantitative estimate of drug-likeness (QED) is 0.548. The first-order valence-corrected chi connectivity index (χ1v) is 8.70.